The molecule has 1 unspecified atom stereocenters. The number of amidine groups is 1. The summed E-state index contributed by atoms with van der Waals surface area (Å²) in [6.45, 7) is 4.60. The van der Waals surface area contributed by atoms with Crippen LogP contribution in [0.3, 0.4) is 0 Å². The molecule has 0 aliphatic carbocycles. The lowest BCUT2D eigenvalue weighted by Gasteiger charge is -2.23. The van der Waals surface area contributed by atoms with E-state index in [1.807, 2.05) is 23.1 Å². The number of alkyl halides is 4. The van der Waals surface area contributed by atoms with Crippen LogP contribution in [0, 0.1) is 0 Å². The molecule has 2 heterocycles. The van der Waals surface area contributed by atoms with E-state index >= 15 is 4.39 Å². The highest BCUT2D eigenvalue weighted by molar-refractivity contribution is 8.14. The Bertz CT molecular complexity index is 1660. The van der Waals surface area contributed by atoms with Gasteiger partial charge in [-0.3, -0.25) is 0 Å². The summed E-state index contributed by atoms with van der Waals surface area (Å²) < 4.78 is 63.0. The van der Waals surface area contributed by atoms with Gasteiger partial charge in [0.05, 0.1) is 19.3 Å². The molecule has 0 saturated carbocycles. The predicted octanol–water partition coefficient (Wildman–Crippen LogP) is 7.29. The number of aliphatic imine (C=N–C) groups is 1. The number of methoxy groups -OCH3 is 1. The Morgan fingerprint density at radius 2 is 1.78 bits per heavy atom. The molecule has 4 aromatic rings. The first kappa shape index (κ1) is 31.8. The maximum atomic E-state index is 15.1. The molecule has 1 atom stereocenters. The molecular formula is C31H30F4N6O3S. The van der Waals surface area contributed by atoms with E-state index in [2.05, 4.69) is 39.0 Å². The first-order valence-corrected chi connectivity index (χ1v) is 15.0. The molecule has 1 N–H and O–H groups in total. The van der Waals surface area contributed by atoms with E-state index in [-0.39, 0.29) is 18.2 Å². The number of anilines is 1. The quantitative estimate of drug-likeness (QED) is 0.192. The lowest BCUT2D eigenvalue weighted by atomic mass is 10.00. The fourth-order valence-corrected chi connectivity index (χ4v) is 5.62. The van der Waals surface area contributed by atoms with Crippen LogP contribution in [-0.2, 0) is 0 Å². The Hall–Kier alpha value is -4.59. The van der Waals surface area contributed by atoms with Crippen LogP contribution in [0.2, 0.25) is 0 Å². The molecule has 236 valence electrons. The molecule has 0 radical (unpaired) electrons. The van der Waals surface area contributed by atoms with E-state index in [1.54, 1.807) is 31.4 Å². The van der Waals surface area contributed by atoms with Gasteiger partial charge < -0.3 is 19.7 Å². The molecule has 45 heavy (non-hydrogen) atoms. The Kier molecular flexibility index (Phi) is 9.61. The van der Waals surface area contributed by atoms with Crippen molar-refractivity contribution in [1.29, 1.82) is 0 Å². The van der Waals surface area contributed by atoms with Gasteiger partial charge in [0.1, 0.15) is 24.0 Å². The zero-order valence-electron chi connectivity index (χ0n) is 24.6. The van der Waals surface area contributed by atoms with Crippen LogP contribution >= 0.6 is 11.8 Å². The molecule has 1 saturated heterocycles. The average Bonchev–Trinajstić information content (AvgIpc) is 3.69. The minimum absolute atomic E-state index is 0.249. The second kappa shape index (κ2) is 13.6. The molecular weight excluding hydrogens is 612 g/mol. The van der Waals surface area contributed by atoms with Gasteiger partial charge in [0.15, 0.2) is 11.0 Å². The number of rotatable bonds is 9. The number of nitrogens with zero attached hydrogens (tertiary/aromatic N) is 5. The Balaban J connectivity index is 1.19. The average molecular weight is 643 g/mol. The van der Waals surface area contributed by atoms with Crippen molar-refractivity contribution in [2.24, 2.45) is 4.99 Å². The molecule has 0 spiro atoms. The summed E-state index contributed by atoms with van der Waals surface area (Å²) >= 11 is 1.46. The molecule has 2 amide bonds. The first-order valence-electron chi connectivity index (χ1n) is 14.0. The molecule has 0 bridgehead atoms. The molecule has 14 heteroatoms. The summed E-state index contributed by atoms with van der Waals surface area (Å²) in [7, 11) is 1.60. The number of nitrogens with one attached hydrogen (secondary N) is 1. The summed E-state index contributed by atoms with van der Waals surface area (Å²) in [6, 6.07) is 16.9. The molecule has 1 aliphatic rings. The third kappa shape index (κ3) is 7.93. The van der Waals surface area contributed by atoms with Crippen molar-refractivity contribution in [2.75, 3.05) is 30.9 Å². The number of aromatic nitrogens is 3. The molecule has 1 aliphatic heterocycles. The van der Waals surface area contributed by atoms with E-state index in [1.165, 1.54) is 47.0 Å². The van der Waals surface area contributed by atoms with Crippen LogP contribution in [-0.4, -0.2) is 58.3 Å². The van der Waals surface area contributed by atoms with Gasteiger partial charge in [-0.1, -0.05) is 55.9 Å². The van der Waals surface area contributed by atoms with E-state index in [0.717, 1.165) is 17.0 Å². The number of thioether (sulfide) groups is 1. The summed E-state index contributed by atoms with van der Waals surface area (Å²) in [5, 5.41) is 7.45. The highest BCUT2D eigenvalue weighted by Gasteiger charge is 2.31. The van der Waals surface area contributed by atoms with E-state index in [4.69, 9.17) is 4.74 Å². The normalized spacial score (nSPS) is 15.0. The van der Waals surface area contributed by atoms with Crippen LogP contribution in [0.5, 0.6) is 11.5 Å². The predicted molar refractivity (Wildman–Crippen MR) is 165 cm³/mol. The number of carbonyl (C=O) groups excluding carboxylic acids is 1. The van der Waals surface area contributed by atoms with Gasteiger partial charge in [0, 0.05) is 29.6 Å². The minimum Gasteiger partial charge on any atom is -0.497 e. The van der Waals surface area contributed by atoms with Crippen LogP contribution in [0.25, 0.3) is 17.1 Å². The molecule has 3 aromatic carbocycles. The Labute approximate surface area is 261 Å². The number of benzene rings is 3. The fraction of sp³-hybridized carbons (Fsp3) is 0.290. The number of hydrogen-bond donors (Lipinski definition) is 1. The van der Waals surface area contributed by atoms with Crippen molar-refractivity contribution >= 4 is 28.6 Å². The standard InChI is InChI=1S/C31H30F4N6O3S/c1-19(2)25-13-12-24(43-3)16-27(25)40-14-15-45-30(40)38-29(42)36-17-26(32)20-4-6-21(7-5-20)28-37-18-41(39-28)22-8-10-23(11-9-22)44-31(33,34)35/h4-13,16,18-19,26H,14-15,17H2,1-3H3,(H,36,42)/b38-30-. The van der Waals surface area contributed by atoms with Gasteiger partial charge in [-0.05, 0) is 47.4 Å². The van der Waals surface area contributed by atoms with Gasteiger partial charge >= 0.3 is 12.4 Å². The highest BCUT2D eigenvalue weighted by atomic mass is 32.2. The van der Waals surface area contributed by atoms with E-state index < -0.39 is 18.6 Å². The van der Waals surface area contributed by atoms with E-state index in [0.29, 0.717) is 40.1 Å². The summed E-state index contributed by atoms with van der Waals surface area (Å²) in [4.78, 5) is 23.1. The third-order valence-corrected chi connectivity index (χ3v) is 7.87. The lowest BCUT2D eigenvalue weighted by molar-refractivity contribution is -0.274. The van der Waals surface area contributed by atoms with Gasteiger partial charge in [-0.25, -0.2) is 18.9 Å². The lowest BCUT2D eigenvalue weighted by Crippen LogP contribution is -2.29. The second-order valence-electron chi connectivity index (χ2n) is 10.3. The van der Waals surface area contributed by atoms with Crippen molar-refractivity contribution < 1.29 is 31.8 Å². The number of halogens is 4. The molecule has 9 nitrogen and oxygen atoms in total. The maximum absolute atomic E-state index is 15.1. The van der Waals surface area contributed by atoms with Crippen molar-refractivity contribution in [3.05, 3.63) is 84.2 Å². The third-order valence-electron chi connectivity index (χ3n) is 6.91. The monoisotopic (exact) mass is 642 g/mol. The number of urea groups is 1. The van der Waals surface area contributed by atoms with Gasteiger partial charge in [-0.2, -0.15) is 4.99 Å². The van der Waals surface area contributed by atoms with Crippen molar-refractivity contribution in [3.63, 3.8) is 0 Å². The second-order valence-corrected chi connectivity index (χ2v) is 11.4. The van der Waals surface area contributed by atoms with Crippen molar-refractivity contribution in [2.45, 2.75) is 32.3 Å². The summed E-state index contributed by atoms with van der Waals surface area (Å²) in [6.07, 6.45) is -4.84. The number of ether oxygens (including phenoxy) is 2. The van der Waals surface area contributed by atoms with Crippen molar-refractivity contribution in [3.8, 4) is 28.6 Å². The number of amides is 2. The Morgan fingerprint density at radius 1 is 1.07 bits per heavy atom. The smallest absolute Gasteiger partial charge is 0.497 e. The maximum Gasteiger partial charge on any atom is 0.573 e. The van der Waals surface area contributed by atoms with Crippen LogP contribution in [0.4, 0.5) is 28.0 Å². The molecule has 1 fully saturated rings. The highest BCUT2D eigenvalue weighted by Crippen LogP contribution is 2.35. The summed E-state index contributed by atoms with van der Waals surface area (Å²) in [5.74, 6) is 1.71. The zero-order chi connectivity index (χ0) is 32.1. The number of carbonyl (C=O) groups is 1. The topological polar surface area (TPSA) is 93.9 Å². The van der Waals surface area contributed by atoms with Crippen molar-refractivity contribution in [1.82, 2.24) is 20.1 Å². The fourth-order valence-electron chi connectivity index (χ4n) is 4.67. The first-order chi connectivity index (χ1) is 21.5. The van der Waals surface area contributed by atoms with Gasteiger partial charge in [0.25, 0.3) is 0 Å². The molecule has 5 rings (SSSR count). The summed E-state index contributed by atoms with van der Waals surface area (Å²) in [5.41, 5.74) is 3.47. The number of hydrogen-bond acceptors (Lipinski definition) is 6. The Morgan fingerprint density at radius 3 is 2.44 bits per heavy atom. The van der Waals surface area contributed by atoms with Crippen LogP contribution in [0.1, 0.15) is 37.1 Å². The molecule has 1 aromatic heterocycles. The SMILES string of the molecule is COc1ccc(C(C)C)c(N2CCS/C2=N\C(=O)NCC(F)c2ccc(-c3ncn(-c4ccc(OC(F)(F)F)cc4)n3)cc2)c1. The zero-order valence-corrected chi connectivity index (χ0v) is 25.4. The van der Waals surface area contributed by atoms with Crippen LogP contribution < -0.4 is 19.7 Å². The largest absolute Gasteiger partial charge is 0.573 e. The van der Waals surface area contributed by atoms with Gasteiger partial charge in [-0.15, -0.1) is 18.3 Å². The van der Waals surface area contributed by atoms with Gasteiger partial charge in [0.2, 0.25) is 0 Å². The van der Waals surface area contributed by atoms with Crippen LogP contribution in [0.15, 0.2) is 78.0 Å². The minimum atomic E-state index is -4.78. The van der Waals surface area contributed by atoms with E-state index in [9.17, 15) is 18.0 Å².